The number of rotatable bonds is 2. The lowest BCUT2D eigenvalue weighted by Gasteiger charge is -2.41. The van der Waals surface area contributed by atoms with Crippen molar-refractivity contribution in [2.24, 2.45) is 11.3 Å². The maximum atomic E-state index is 12.2. The third-order valence-electron chi connectivity index (χ3n) is 5.11. The number of benzene rings is 1. The topological polar surface area (TPSA) is 26.3 Å². The summed E-state index contributed by atoms with van der Waals surface area (Å²) in [7, 11) is 0. The Morgan fingerprint density at radius 3 is 2.58 bits per heavy atom. The molecule has 0 aliphatic heterocycles. The second kappa shape index (κ2) is 4.99. The Balaban J connectivity index is 1.71. The lowest BCUT2D eigenvalue weighted by atomic mass is 9.68. The predicted molar refractivity (Wildman–Crippen MR) is 74.9 cm³/mol. The maximum Gasteiger partial charge on any atom is 0.338 e. The van der Waals surface area contributed by atoms with Crippen LogP contribution in [0.25, 0.3) is 0 Å². The molecule has 2 nitrogen and oxygen atoms in total. The number of carbonyl (C=O) groups excluding carboxylic acids is 1. The minimum absolute atomic E-state index is 0.133. The quantitative estimate of drug-likeness (QED) is 0.743. The summed E-state index contributed by atoms with van der Waals surface area (Å²) in [5, 5.41) is 0. The van der Waals surface area contributed by atoms with E-state index in [1.807, 2.05) is 30.3 Å². The van der Waals surface area contributed by atoms with Gasteiger partial charge < -0.3 is 4.74 Å². The first-order valence-electron chi connectivity index (χ1n) is 7.45. The molecule has 2 aliphatic carbocycles. The Morgan fingerprint density at radius 1 is 1.16 bits per heavy atom. The highest BCUT2D eigenvalue weighted by Gasteiger charge is 2.46. The van der Waals surface area contributed by atoms with E-state index in [4.69, 9.17) is 4.74 Å². The van der Waals surface area contributed by atoms with Gasteiger partial charge in [0.1, 0.15) is 6.10 Å². The van der Waals surface area contributed by atoms with Gasteiger partial charge in [-0.2, -0.15) is 0 Å². The van der Waals surface area contributed by atoms with Crippen molar-refractivity contribution in [3.8, 4) is 0 Å². The first kappa shape index (κ1) is 12.7. The molecule has 19 heavy (non-hydrogen) atoms. The van der Waals surface area contributed by atoms with Crippen LogP contribution < -0.4 is 0 Å². The molecule has 2 fully saturated rings. The first-order valence-corrected chi connectivity index (χ1v) is 7.45. The van der Waals surface area contributed by atoms with Gasteiger partial charge in [0.15, 0.2) is 0 Å². The van der Waals surface area contributed by atoms with Crippen molar-refractivity contribution in [2.45, 2.75) is 51.6 Å². The first-order chi connectivity index (χ1) is 9.19. The molecular weight excluding hydrogens is 236 g/mol. The van der Waals surface area contributed by atoms with Crippen LogP contribution in [0.1, 0.15) is 55.8 Å². The molecule has 3 rings (SSSR count). The molecule has 0 N–H and O–H groups in total. The van der Waals surface area contributed by atoms with E-state index in [1.165, 1.54) is 32.1 Å². The predicted octanol–water partition coefficient (Wildman–Crippen LogP) is 4.20. The van der Waals surface area contributed by atoms with Crippen LogP contribution in [0.3, 0.4) is 0 Å². The van der Waals surface area contributed by atoms with Gasteiger partial charge in [-0.05, 0) is 49.7 Å². The molecule has 0 radical (unpaired) electrons. The number of fused-ring (bicyclic) bond motifs is 1. The molecule has 1 aromatic rings. The van der Waals surface area contributed by atoms with Gasteiger partial charge in [0.25, 0.3) is 0 Å². The van der Waals surface area contributed by atoms with Gasteiger partial charge in [-0.25, -0.2) is 4.79 Å². The third kappa shape index (κ3) is 2.41. The molecule has 0 saturated heterocycles. The van der Waals surface area contributed by atoms with Crippen LogP contribution in [0.2, 0.25) is 0 Å². The van der Waals surface area contributed by atoms with Crippen LogP contribution in [0.4, 0.5) is 0 Å². The van der Waals surface area contributed by atoms with Gasteiger partial charge in [0, 0.05) is 5.92 Å². The zero-order chi connectivity index (χ0) is 13.3. The summed E-state index contributed by atoms with van der Waals surface area (Å²) in [6, 6.07) is 9.36. The van der Waals surface area contributed by atoms with E-state index in [0.717, 1.165) is 6.42 Å². The van der Waals surface area contributed by atoms with Gasteiger partial charge in [-0.15, -0.1) is 0 Å². The summed E-state index contributed by atoms with van der Waals surface area (Å²) < 4.78 is 5.82. The van der Waals surface area contributed by atoms with E-state index in [9.17, 15) is 4.79 Å². The van der Waals surface area contributed by atoms with Crippen molar-refractivity contribution in [1.82, 2.24) is 0 Å². The molecule has 2 saturated carbocycles. The summed E-state index contributed by atoms with van der Waals surface area (Å²) in [4.78, 5) is 12.2. The summed E-state index contributed by atoms with van der Waals surface area (Å²) >= 11 is 0. The third-order valence-corrected chi connectivity index (χ3v) is 5.11. The lowest BCUT2D eigenvalue weighted by molar-refractivity contribution is -0.0296. The Labute approximate surface area is 115 Å². The molecule has 0 unspecified atom stereocenters. The monoisotopic (exact) mass is 258 g/mol. The van der Waals surface area contributed by atoms with Crippen molar-refractivity contribution >= 4 is 5.97 Å². The molecule has 0 spiro atoms. The minimum Gasteiger partial charge on any atom is -0.458 e. The number of hydrogen-bond acceptors (Lipinski definition) is 2. The Kier molecular flexibility index (Phi) is 3.34. The van der Waals surface area contributed by atoms with Crippen LogP contribution in [-0.4, -0.2) is 12.1 Å². The highest BCUT2D eigenvalue weighted by atomic mass is 16.5. The van der Waals surface area contributed by atoms with E-state index < -0.39 is 0 Å². The van der Waals surface area contributed by atoms with E-state index >= 15 is 0 Å². The molecule has 102 valence electrons. The van der Waals surface area contributed by atoms with E-state index in [-0.39, 0.29) is 12.1 Å². The fourth-order valence-electron chi connectivity index (χ4n) is 4.03. The van der Waals surface area contributed by atoms with Gasteiger partial charge in [-0.3, -0.25) is 0 Å². The van der Waals surface area contributed by atoms with Crippen LogP contribution in [0, 0.1) is 11.3 Å². The standard InChI is InChI=1S/C17H22O2/c1-17-11-5-9-14(17)15(10-6-12-17)19-16(18)13-7-3-2-4-8-13/h2-4,7-8,14-15H,5-6,9-12H2,1H3/t14-,15-,17-/m0/s1. The molecule has 0 aromatic heterocycles. The average Bonchev–Trinajstić information content (AvgIpc) is 2.82. The Morgan fingerprint density at radius 2 is 1.84 bits per heavy atom. The van der Waals surface area contributed by atoms with Crippen LogP contribution in [-0.2, 0) is 4.74 Å². The highest BCUT2D eigenvalue weighted by molar-refractivity contribution is 5.89. The second-order valence-corrected chi connectivity index (χ2v) is 6.35. The number of esters is 1. The van der Waals surface area contributed by atoms with Crippen LogP contribution in [0.5, 0.6) is 0 Å². The van der Waals surface area contributed by atoms with Crippen molar-refractivity contribution in [1.29, 1.82) is 0 Å². The molecular formula is C17H22O2. The van der Waals surface area contributed by atoms with Crippen molar-refractivity contribution < 1.29 is 9.53 Å². The fourth-order valence-corrected chi connectivity index (χ4v) is 4.03. The largest absolute Gasteiger partial charge is 0.458 e. The average molecular weight is 258 g/mol. The van der Waals surface area contributed by atoms with Gasteiger partial charge in [-0.1, -0.05) is 31.5 Å². The summed E-state index contributed by atoms with van der Waals surface area (Å²) in [5.74, 6) is 0.427. The van der Waals surface area contributed by atoms with Crippen LogP contribution in [0.15, 0.2) is 30.3 Å². The van der Waals surface area contributed by atoms with Gasteiger partial charge >= 0.3 is 5.97 Å². The molecule has 1 aromatic carbocycles. The highest BCUT2D eigenvalue weighted by Crippen LogP contribution is 2.52. The van der Waals surface area contributed by atoms with Crippen molar-refractivity contribution in [3.05, 3.63) is 35.9 Å². The molecule has 3 atom stereocenters. The van der Waals surface area contributed by atoms with Crippen LogP contribution >= 0.6 is 0 Å². The number of carbonyl (C=O) groups is 1. The lowest BCUT2D eigenvalue weighted by Crippen LogP contribution is -2.39. The van der Waals surface area contributed by atoms with E-state index in [0.29, 0.717) is 16.9 Å². The van der Waals surface area contributed by atoms with Gasteiger partial charge in [0.2, 0.25) is 0 Å². The number of ether oxygens (including phenoxy) is 1. The maximum absolute atomic E-state index is 12.2. The molecule has 0 bridgehead atoms. The molecule has 2 heteroatoms. The van der Waals surface area contributed by atoms with Gasteiger partial charge in [0.05, 0.1) is 5.56 Å². The zero-order valence-corrected chi connectivity index (χ0v) is 11.6. The molecule has 2 aliphatic rings. The molecule has 0 amide bonds. The number of hydrogen-bond donors (Lipinski definition) is 0. The Hall–Kier alpha value is -1.31. The SMILES string of the molecule is C[C@]12CCC[C@H](OC(=O)c3ccccc3)[C@@H]1CCC2. The normalized spacial score (nSPS) is 33.7. The van der Waals surface area contributed by atoms with Crippen molar-refractivity contribution in [2.75, 3.05) is 0 Å². The summed E-state index contributed by atoms with van der Waals surface area (Å²) in [6.45, 7) is 2.38. The summed E-state index contributed by atoms with van der Waals surface area (Å²) in [6.07, 6.45) is 7.49. The van der Waals surface area contributed by atoms with Crippen molar-refractivity contribution in [3.63, 3.8) is 0 Å². The zero-order valence-electron chi connectivity index (χ0n) is 11.6. The molecule has 0 heterocycles. The Bertz CT molecular complexity index is 454. The fraction of sp³-hybridized carbons (Fsp3) is 0.588. The van der Waals surface area contributed by atoms with E-state index in [2.05, 4.69) is 6.92 Å². The smallest absolute Gasteiger partial charge is 0.338 e. The minimum atomic E-state index is -0.151. The second-order valence-electron chi connectivity index (χ2n) is 6.35. The summed E-state index contributed by atoms with van der Waals surface area (Å²) in [5.41, 5.74) is 1.09. The van der Waals surface area contributed by atoms with E-state index in [1.54, 1.807) is 0 Å².